The summed E-state index contributed by atoms with van der Waals surface area (Å²) in [6.45, 7) is 9.04. The number of fused-ring (bicyclic) bond motifs is 1. The van der Waals surface area contributed by atoms with Crippen molar-refractivity contribution in [2.75, 3.05) is 6.54 Å². The lowest BCUT2D eigenvalue weighted by Gasteiger charge is -2.11. The molecule has 0 spiro atoms. The molecule has 130 valence electrons. The van der Waals surface area contributed by atoms with E-state index in [2.05, 4.69) is 45.1 Å². The van der Waals surface area contributed by atoms with Crippen LogP contribution in [0.15, 0.2) is 22.6 Å². The quantitative estimate of drug-likeness (QED) is 0.726. The van der Waals surface area contributed by atoms with E-state index < -0.39 is 6.10 Å². The lowest BCUT2D eigenvalue weighted by Crippen LogP contribution is -2.27. The van der Waals surface area contributed by atoms with Crippen molar-refractivity contribution in [2.45, 2.75) is 65.5 Å². The van der Waals surface area contributed by atoms with E-state index in [1.165, 1.54) is 11.1 Å². The average molecular weight is 340 g/mol. The minimum atomic E-state index is -0.598. The summed E-state index contributed by atoms with van der Waals surface area (Å²) in [7, 11) is 0. The molecule has 1 aromatic carbocycles. The normalized spacial score (nSPS) is 12.6. The molecule has 0 saturated heterocycles. The summed E-state index contributed by atoms with van der Waals surface area (Å²) in [6, 6.07) is 6.82. The first-order chi connectivity index (χ1) is 10.5. The molecule has 0 aliphatic rings. The molecule has 0 saturated carbocycles. The number of nitrogens with one attached hydrogen (secondary N) is 1. The first kappa shape index (κ1) is 20.0. The van der Waals surface area contributed by atoms with Crippen LogP contribution in [0.3, 0.4) is 0 Å². The summed E-state index contributed by atoms with van der Waals surface area (Å²) in [5, 5.41) is 14.7. The third kappa shape index (κ3) is 5.23. The minimum absolute atomic E-state index is 0. The van der Waals surface area contributed by atoms with Crippen molar-refractivity contribution in [1.82, 2.24) is 5.32 Å². The van der Waals surface area contributed by atoms with Gasteiger partial charge in [0, 0.05) is 18.0 Å². The SMILES string of the molecule is CCCc1cc(CCC)c2oc(C(O)CNC(C)C)cc2c1.Cl. The highest BCUT2D eigenvalue weighted by Gasteiger charge is 2.16. The number of furan rings is 1. The fourth-order valence-electron chi connectivity index (χ4n) is 2.81. The lowest BCUT2D eigenvalue weighted by molar-refractivity contribution is 0.147. The highest BCUT2D eigenvalue weighted by molar-refractivity contribution is 5.85. The summed E-state index contributed by atoms with van der Waals surface area (Å²) in [6.07, 6.45) is 3.74. The van der Waals surface area contributed by atoms with Gasteiger partial charge in [-0.25, -0.2) is 0 Å². The Kier molecular flexibility index (Phi) is 8.10. The Hall–Kier alpha value is -1.03. The molecular formula is C19H30ClNO2. The van der Waals surface area contributed by atoms with Gasteiger partial charge < -0.3 is 14.8 Å². The second-order valence-corrected chi connectivity index (χ2v) is 6.40. The highest BCUT2D eigenvalue weighted by atomic mass is 35.5. The van der Waals surface area contributed by atoms with Crippen molar-refractivity contribution in [3.8, 4) is 0 Å². The predicted octanol–water partition coefficient (Wildman–Crippen LogP) is 4.79. The fraction of sp³-hybridized carbons (Fsp3) is 0.579. The Morgan fingerprint density at radius 3 is 2.39 bits per heavy atom. The summed E-state index contributed by atoms with van der Waals surface area (Å²) >= 11 is 0. The highest BCUT2D eigenvalue weighted by Crippen LogP contribution is 2.29. The molecule has 0 aliphatic carbocycles. The van der Waals surface area contributed by atoms with Crippen molar-refractivity contribution in [3.05, 3.63) is 35.1 Å². The zero-order chi connectivity index (χ0) is 16.1. The third-order valence-electron chi connectivity index (χ3n) is 3.88. The Balaban J connectivity index is 0.00000264. The number of aliphatic hydroxyl groups excluding tert-OH is 1. The molecule has 1 atom stereocenters. The van der Waals surface area contributed by atoms with Gasteiger partial charge in [-0.05, 0) is 36.1 Å². The predicted molar refractivity (Wildman–Crippen MR) is 99.6 cm³/mol. The van der Waals surface area contributed by atoms with Crippen LogP contribution in [-0.4, -0.2) is 17.7 Å². The smallest absolute Gasteiger partial charge is 0.137 e. The van der Waals surface area contributed by atoms with E-state index in [9.17, 15) is 5.11 Å². The van der Waals surface area contributed by atoms with Crippen molar-refractivity contribution < 1.29 is 9.52 Å². The van der Waals surface area contributed by atoms with E-state index in [4.69, 9.17) is 4.42 Å². The van der Waals surface area contributed by atoms with Gasteiger partial charge in [-0.15, -0.1) is 12.4 Å². The van der Waals surface area contributed by atoms with Crippen LogP contribution in [0.5, 0.6) is 0 Å². The first-order valence-electron chi connectivity index (χ1n) is 8.51. The summed E-state index contributed by atoms with van der Waals surface area (Å²) in [5.41, 5.74) is 3.57. The molecular weight excluding hydrogens is 310 g/mol. The average Bonchev–Trinajstić information content (AvgIpc) is 2.89. The Labute approximate surface area is 145 Å². The monoisotopic (exact) mass is 339 g/mol. The molecule has 2 rings (SSSR count). The van der Waals surface area contributed by atoms with Crippen LogP contribution in [0.1, 0.15) is 63.5 Å². The summed E-state index contributed by atoms with van der Waals surface area (Å²) in [5.74, 6) is 0.661. The van der Waals surface area contributed by atoms with Crippen molar-refractivity contribution in [2.24, 2.45) is 0 Å². The lowest BCUT2D eigenvalue weighted by atomic mass is 10.0. The van der Waals surface area contributed by atoms with Gasteiger partial charge in [-0.1, -0.05) is 46.6 Å². The topological polar surface area (TPSA) is 45.4 Å². The largest absolute Gasteiger partial charge is 0.458 e. The maximum atomic E-state index is 10.3. The third-order valence-corrected chi connectivity index (χ3v) is 3.88. The maximum absolute atomic E-state index is 10.3. The molecule has 1 unspecified atom stereocenters. The number of hydrogen-bond acceptors (Lipinski definition) is 3. The molecule has 0 radical (unpaired) electrons. The molecule has 0 amide bonds. The van der Waals surface area contributed by atoms with Crippen molar-refractivity contribution in [1.29, 1.82) is 0 Å². The first-order valence-corrected chi connectivity index (χ1v) is 8.51. The van der Waals surface area contributed by atoms with Crippen LogP contribution in [-0.2, 0) is 12.8 Å². The number of halogens is 1. The molecule has 1 aromatic heterocycles. The van der Waals surface area contributed by atoms with Crippen molar-refractivity contribution >= 4 is 23.4 Å². The number of benzene rings is 1. The second-order valence-electron chi connectivity index (χ2n) is 6.40. The van der Waals surface area contributed by atoms with Gasteiger partial charge in [0.1, 0.15) is 17.4 Å². The summed E-state index contributed by atoms with van der Waals surface area (Å²) < 4.78 is 5.99. The van der Waals surface area contributed by atoms with Crippen LogP contribution in [0.25, 0.3) is 11.0 Å². The van der Waals surface area contributed by atoms with E-state index in [1.807, 2.05) is 6.07 Å². The van der Waals surface area contributed by atoms with Gasteiger partial charge in [0.2, 0.25) is 0 Å². The Morgan fingerprint density at radius 2 is 1.78 bits per heavy atom. The standard InChI is InChI=1S/C19H29NO2.ClH/c1-5-7-14-9-15(8-6-2)19-16(10-14)11-18(22-19)17(21)12-20-13(3)4;/h9-11,13,17,20-21H,5-8,12H2,1-4H3;1H. The van der Waals surface area contributed by atoms with E-state index in [0.29, 0.717) is 18.3 Å². The summed E-state index contributed by atoms with van der Waals surface area (Å²) in [4.78, 5) is 0. The van der Waals surface area contributed by atoms with Crippen molar-refractivity contribution in [3.63, 3.8) is 0 Å². The van der Waals surface area contributed by atoms with E-state index in [1.54, 1.807) is 0 Å². The minimum Gasteiger partial charge on any atom is -0.458 e. The number of rotatable bonds is 8. The van der Waals surface area contributed by atoms with Crippen LogP contribution >= 0.6 is 12.4 Å². The van der Waals surface area contributed by atoms with Crippen LogP contribution in [0, 0.1) is 0 Å². The second kappa shape index (κ2) is 9.31. The number of hydrogen-bond donors (Lipinski definition) is 2. The number of aryl methyl sites for hydroxylation is 2. The molecule has 0 aliphatic heterocycles. The molecule has 3 nitrogen and oxygen atoms in total. The maximum Gasteiger partial charge on any atom is 0.137 e. The molecule has 1 heterocycles. The van der Waals surface area contributed by atoms with Gasteiger partial charge >= 0.3 is 0 Å². The van der Waals surface area contributed by atoms with E-state index in [-0.39, 0.29) is 12.4 Å². The van der Waals surface area contributed by atoms with Crippen LogP contribution in [0.2, 0.25) is 0 Å². The molecule has 4 heteroatoms. The van der Waals surface area contributed by atoms with Gasteiger partial charge in [-0.3, -0.25) is 0 Å². The van der Waals surface area contributed by atoms with E-state index in [0.717, 1.165) is 36.7 Å². The fourth-order valence-corrected chi connectivity index (χ4v) is 2.81. The zero-order valence-electron chi connectivity index (χ0n) is 14.7. The molecule has 0 fully saturated rings. The van der Waals surface area contributed by atoms with E-state index >= 15 is 0 Å². The van der Waals surface area contributed by atoms with Gasteiger partial charge in [0.15, 0.2) is 0 Å². The Morgan fingerprint density at radius 1 is 1.09 bits per heavy atom. The molecule has 23 heavy (non-hydrogen) atoms. The molecule has 2 N–H and O–H groups in total. The molecule has 0 bridgehead atoms. The van der Waals surface area contributed by atoms with Gasteiger partial charge in [0.25, 0.3) is 0 Å². The Bertz CT molecular complexity index is 607. The van der Waals surface area contributed by atoms with Crippen LogP contribution < -0.4 is 5.32 Å². The zero-order valence-corrected chi connectivity index (χ0v) is 15.5. The molecule has 2 aromatic rings. The van der Waals surface area contributed by atoms with Gasteiger partial charge in [0.05, 0.1) is 0 Å². The van der Waals surface area contributed by atoms with Gasteiger partial charge in [-0.2, -0.15) is 0 Å². The number of aliphatic hydroxyl groups is 1. The van der Waals surface area contributed by atoms with Crippen LogP contribution in [0.4, 0.5) is 0 Å².